The van der Waals surface area contributed by atoms with Crippen LogP contribution in [0.25, 0.3) is 0 Å². The van der Waals surface area contributed by atoms with Crippen LogP contribution in [-0.4, -0.2) is 7.11 Å². The maximum absolute atomic E-state index is 5.65. The summed E-state index contributed by atoms with van der Waals surface area (Å²) in [5.74, 6) is 0.722. The van der Waals surface area contributed by atoms with Crippen LogP contribution in [0.1, 0.15) is 25.3 Å². The van der Waals surface area contributed by atoms with Crippen molar-refractivity contribution in [2.24, 2.45) is 5.92 Å². The fraction of sp³-hybridized carbons (Fsp3) is 0.500. The highest BCUT2D eigenvalue weighted by Crippen LogP contribution is 2.47. The number of rotatable bonds is 3. The molecule has 0 aromatic heterocycles. The van der Waals surface area contributed by atoms with Gasteiger partial charge in [-0.2, -0.15) is 0 Å². The average Bonchev–Trinajstić information content (AvgIpc) is 3.02. The summed E-state index contributed by atoms with van der Waals surface area (Å²) in [7, 11) is 1.81. The Kier molecular flexibility index (Phi) is 2.12. The molecule has 0 bridgehead atoms. The largest absolute Gasteiger partial charge is 0.374 e. The van der Waals surface area contributed by atoms with E-state index in [4.69, 9.17) is 4.74 Å². The standard InChI is InChI=1S/C12H16O/c1-12(13-2,11-8-9-11)10-6-4-3-5-7-10/h3-7,11H,8-9H2,1-2H3/t12-/m1/s1. The molecule has 2 rings (SSSR count). The molecule has 1 nitrogen and oxygen atoms in total. The Morgan fingerprint density at radius 3 is 2.31 bits per heavy atom. The van der Waals surface area contributed by atoms with Gasteiger partial charge in [-0.1, -0.05) is 30.3 Å². The van der Waals surface area contributed by atoms with Gasteiger partial charge in [0.15, 0.2) is 0 Å². The molecule has 1 aliphatic rings. The summed E-state index contributed by atoms with van der Waals surface area (Å²) in [6, 6.07) is 10.5. The van der Waals surface area contributed by atoms with Crippen LogP contribution in [-0.2, 0) is 10.3 Å². The van der Waals surface area contributed by atoms with Gasteiger partial charge in [0, 0.05) is 7.11 Å². The molecule has 0 amide bonds. The van der Waals surface area contributed by atoms with Crippen LogP contribution in [0, 0.1) is 5.92 Å². The Bertz CT molecular complexity index is 276. The predicted octanol–water partition coefficient (Wildman–Crippen LogP) is 2.96. The summed E-state index contributed by atoms with van der Waals surface area (Å²) >= 11 is 0. The molecule has 1 heteroatoms. The van der Waals surface area contributed by atoms with Crippen LogP contribution in [0.4, 0.5) is 0 Å². The third kappa shape index (κ3) is 1.49. The van der Waals surface area contributed by atoms with Crippen LogP contribution in [0.5, 0.6) is 0 Å². The molecular formula is C12H16O. The van der Waals surface area contributed by atoms with E-state index in [1.165, 1.54) is 18.4 Å². The van der Waals surface area contributed by atoms with Gasteiger partial charge >= 0.3 is 0 Å². The molecule has 0 radical (unpaired) electrons. The molecule has 0 aliphatic heterocycles. The van der Waals surface area contributed by atoms with E-state index in [9.17, 15) is 0 Å². The zero-order valence-electron chi connectivity index (χ0n) is 8.29. The molecule has 13 heavy (non-hydrogen) atoms. The van der Waals surface area contributed by atoms with E-state index < -0.39 is 0 Å². The van der Waals surface area contributed by atoms with Crippen molar-refractivity contribution in [1.29, 1.82) is 0 Å². The van der Waals surface area contributed by atoms with Crippen molar-refractivity contribution in [3.05, 3.63) is 35.9 Å². The SMILES string of the molecule is CO[C@](C)(c1ccccc1)C1CC1. The number of hydrogen-bond donors (Lipinski definition) is 0. The lowest BCUT2D eigenvalue weighted by Gasteiger charge is -2.28. The second kappa shape index (κ2) is 3.15. The fourth-order valence-corrected chi connectivity index (χ4v) is 1.92. The molecule has 0 N–H and O–H groups in total. The zero-order valence-corrected chi connectivity index (χ0v) is 8.29. The van der Waals surface area contributed by atoms with Gasteiger partial charge in [-0.3, -0.25) is 0 Å². The normalized spacial score (nSPS) is 21.1. The highest BCUT2D eigenvalue weighted by Gasteiger charge is 2.42. The number of benzene rings is 1. The van der Waals surface area contributed by atoms with Crippen molar-refractivity contribution in [2.45, 2.75) is 25.4 Å². The molecule has 1 aromatic rings. The Labute approximate surface area is 79.7 Å². The lowest BCUT2D eigenvalue weighted by molar-refractivity contribution is -0.0180. The highest BCUT2D eigenvalue weighted by atomic mass is 16.5. The van der Waals surface area contributed by atoms with Gasteiger partial charge in [0.05, 0.1) is 5.60 Å². The predicted molar refractivity (Wildman–Crippen MR) is 53.5 cm³/mol. The van der Waals surface area contributed by atoms with Crippen molar-refractivity contribution in [1.82, 2.24) is 0 Å². The fourth-order valence-electron chi connectivity index (χ4n) is 1.92. The van der Waals surface area contributed by atoms with Crippen molar-refractivity contribution >= 4 is 0 Å². The topological polar surface area (TPSA) is 9.23 Å². The maximum Gasteiger partial charge on any atom is 0.0927 e. The molecular weight excluding hydrogens is 160 g/mol. The van der Waals surface area contributed by atoms with Crippen LogP contribution in [0.15, 0.2) is 30.3 Å². The van der Waals surface area contributed by atoms with Gasteiger partial charge in [-0.15, -0.1) is 0 Å². The average molecular weight is 176 g/mol. The van der Waals surface area contributed by atoms with Crippen molar-refractivity contribution in [3.8, 4) is 0 Å². The van der Waals surface area contributed by atoms with Gasteiger partial charge in [-0.25, -0.2) is 0 Å². The van der Waals surface area contributed by atoms with E-state index in [2.05, 4.69) is 31.2 Å². The maximum atomic E-state index is 5.65. The Morgan fingerprint density at radius 1 is 1.23 bits per heavy atom. The minimum absolute atomic E-state index is 0.0543. The summed E-state index contributed by atoms with van der Waals surface area (Å²) in [5, 5.41) is 0. The number of hydrogen-bond acceptors (Lipinski definition) is 1. The molecule has 1 atom stereocenters. The Morgan fingerprint density at radius 2 is 1.85 bits per heavy atom. The summed E-state index contributed by atoms with van der Waals surface area (Å²) in [6.45, 7) is 2.19. The third-order valence-corrected chi connectivity index (χ3v) is 3.13. The minimum Gasteiger partial charge on any atom is -0.374 e. The second-order valence-corrected chi connectivity index (χ2v) is 3.95. The van der Waals surface area contributed by atoms with Crippen LogP contribution in [0.2, 0.25) is 0 Å². The highest BCUT2D eigenvalue weighted by molar-refractivity contribution is 5.24. The van der Waals surface area contributed by atoms with Gasteiger partial charge < -0.3 is 4.74 Å². The first-order chi connectivity index (χ1) is 6.27. The third-order valence-electron chi connectivity index (χ3n) is 3.13. The van der Waals surface area contributed by atoms with Gasteiger partial charge in [-0.05, 0) is 31.2 Å². The van der Waals surface area contributed by atoms with E-state index in [0.29, 0.717) is 0 Å². The Balaban J connectivity index is 2.30. The minimum atomic E-state index is -0.0543. The molecule has 0 saturated heterocycles. The molecule has 0 unspecified atom stereocenters. The van der Waals surface area contributed by atoms with E-state index in [1.54, 1.807) is 0 Å². The summed E-state index contributed by atoms with van der Waals surface area (Å²) in [4.78, 5) is 0. The van der Waals surface area contributed by atoms with Crippen molar-refractivity contribution < 1.29 is 4.74 Å². The Hall–Kier alpha value is -0.820. The molecule has 70 valence electrons. The number of methoxy groups -OCH3 is 1. The smallest absolute Gasteiger partial charge is 0.0927 e. The molecule has 0 spiro atoms. The first kappa shape index (κ1) is 8.76. The molecule has 1 fully saturated rings. The van der Waals surface area contributed by atoms with Crippen LogP contribution < -0.4 is 0 Å². The van der Waals surface area contributed by atoms with Crippen LogP contribution in [0.3, 0.4) is 0 Å². The van der Waals surface area contributed by atoms with E-state index in [0.717, 1.165) is 5.92 Å². The van der Waals surface area contributed by atoms with Crippen molar-refractivity contribution in [3.63, 3.8) is 0 Å². The van der Waals surface area contributed by atoms with E-state index >= 15 is 0 Å². The summed E-state index contributed by atoms with van der Waals surface area (Å²) in [5.41, 5.74) is 1.25. The molecule has 0 heterocycles. The molecule has 1 aromatic carbocycles. The van der Waals surface area contributed by atoms with Gasteiger partial charge in [0.1, 0.15) is 0 Å². The number of ether oxygens (including phenoxy) is 1. The first-order valence-electron chi connectivity index (χ1n) is 4.88. The molecule has 1 aliphatic carbocycles. The second-order valence-electron chi connectivity index (χ2n) is 3.95. The summed E-state index contributed by atoms with van der Waals surface area (Å²) < 4.78 is 5.65. The van der Waals surface area contributed by atoms with Gasteiger partial charge in [0.2, 0.25) is 0 Å². The molecule has 1 saturated carbocycles. The summed E-state index contributed by atoms with van der Waals surface area (Å²) in [6.07, 6.45) is 2.61. The van der Waals surface area contributed by atoms with Gasteiger partial charge in [0.25, 0.3) is 0 Å². The first-order valence-corrected chi connectivity index (χ1v) is 4.88. The lowest BCUT2D eigenvalue weighted by atomic mass is 9.91. The zero-order chi connectivity index (χ0) is 9.31. The van der Waals surface area contributed by atoms with E-state index in [1.807, 2.05) is 13.2 Å². The van der Waals surface area contributed by atoms with Crippen LogP contribution >= 0.6 is 0 Å². The quantitative estimate of drug-likeness (QED) is 0.688. The van der Waals surface area contributed by atoms with Crippen molar-refractivity contribution in [2.75, 3.05) is 7.11 Å². The monoisotopic (exact) mass is 176 g/mol. The van der Waals surface area contributed by atoms with E-state index in [-0.39, 0.29) is 5.60 Å². The lowest BCUT2D eigenvalue weighted by Crippen LogP contribution is -2.26.